The third kappa shape index (κ3) is 5.70. The van der Waals surface area contributed by atoms with Crippen LogP contribution in [0.4, 0.5) is 0 Å². The summed E-state index contributed by atoms with van der Waals surface area (Å²) in [6.45, 7) is 5.83. The molecule has 4 nitrogen and oxygen atoms in total. The lowest BCUT2D eigenvalue weighted by molar-refractivity contribution is 0.589. The zero-order valence-electron chi connectivity index (χ0n) is 11.2. The molecule has 0 atom stereocenters. The van der Waals surface area contributed by atoms with Crippen LogP contribution in [0.1, 0.15) is 32.6 Å². The van der Waals surface area contributed by atoms with Crippen LogP contribution in [0.25, 0.3) is 0 Å². The van der Waals surface area contributed by atoms with Crippen LogP contribution in [0.5, 0.6) is 0 Å². The van der Waals surface area contributed by atoms with Crippen molar-refractivity contribution >= 4 is 10.0 Å². The van der Waals surface area contributed by atoms with Gasteiger partial charge in [-0.15, -0.1) is 0 Å². The van der Waals surface area contributed by atoms with Gasteiger partial charge in [-0.2, -0.15) is 0 Å². The number of hydrogen-bond acceptors (Lipinski definition) is 3. The Kier molecular flexibility index (Phi) is 6.29. The Morgan fingerprint density at radius 2 is 2.26 bits per heavy atom. The van der Waals surface area contributed by atoms with Gasteiger partial charge in [0.2, 0.25) is 0 Å². The molecular formula is C14H20N2O2S. The van der Waals surface area contributed by atoms with Gasteiger partial charge in [-0.25, -0.2) is 8.42 Å². The number of pyridine rings is 1. The largest absolute Gasteiger partial charge is 0.280 e. The normalized spacial score (nSPS) is 11.6. The van der Waals surface area contributed by atoms with Crippen LogP contribution in [0.2, 0.25) is 0 Å². The fourth-order valence-electron chi connectivity index (χ4n) is 1.51. The number of allylic oxidation sites excluding steroid dienone is 2. The molecule has 104 valence electrons. The molecule has 1 N–H and O–H groups in total. The number of sulfonamides is 1. The molecule has 0 aliphatic heterocycles. The first-order chi connectivity index (χ1) is 9.06. The summed E-state index contributed by atoms with van der Waals surface area (Å²) in [5.74, 6) is 0. The third-order valence-electron chi connectivity index (χ3n) is 2.50. The summed E-state index contributed by atoms with van der Waals surface area (Å²) in [7, 11) is -3.57. The predicted octanol–water partition coefficient (Wildman–Crippen LogP) is 3.01. The number of unbranched alkanes of at least 4 members (excludes halogenated alkanes) is 3. The van der Waals surface area contributed by atoms with Crippen LogP contribution in [-0.2, 0) is 10.0 Å². The van der Waals surface area contributed by atoms with Crippen molar-refractivity contribution in [2.45, 2.75) is 37.5 Å². The standard InChI is InChI=1S/C14H20N2O2S/c1-3-4-5-6-7-9-13(2)16-19(17,18)14-10-8-11-15-12-14/h7-12,16H,2-6H2,1H3. The number of nitrogens with zero attached hydrogens (tertiary/aromatic N) is 1. The van der Waals surface area contributed by atoms with Crippen LogP contribution >= 0.6 is 0 Å². The van der Waals surface area contributed by atoms with E-state index < -0.39 is 10.0 Å². The van der Waals surface area contributed by atoms with E-state index in [1.165, 1.54) is 31.3 Å². The summed E-state index contributed by atoms with van der Waals surface area (Å²) in [4.78, 5) is 3.92. The first-order valence-corrected chi connectivity index (χ1v) is 7.83. The molecule has 0 aliphatic carbocycles. The SMILES string of the molecule is C=C(C=CCCCCC)NS(=O)(=O)c1cccnc1. The lowest BCUT2D eigenvalue weighted by Gasteiger charge is -2.06. The summed E-state index contributed by atoms with van der Waals surface area (Å²) in [6.07, 6.45) is 10.9. The van der Waals surface area contributed by atoms with Crippen LogP contribution in [0.3, 0.4) is 0 Å². The van der Waals surface area contributed by atoms with Gasteiger partial charge >= 0.3 is 0 Å². The first-order valence-electron chi connectivity index (χ1n) is 6.34. The van der Waals surface area contributed by atoms with Crippen molar-refractivity contribution in [3.63, 3.8) is 0 Å². The first kappa shape index (κ1) is 15.4. The third-order valence-corrected chi connectivity index (χ3v) is 3.90. The van der Waals surface area contributed by atoms with Crippen LogP contribution < -0.4 is 4.72 Å². The maximum absolute atomic E-state index is 11.9. The fraction of sp³-hybridized carbons (Fsp3) is 0.357. The van der Waals surface area contributed by atoms with Crippen molar-refractivity contribution < 1.29 is 8.42 Å². The molecule has 0 radical (unpaired) electrons. The molecule has 0 spiro atoms. The van der Waals surface area contributed by atoms with E-state index in [0.717, 1.165) is 12.8 Å². The van der Waals surface area contributed by atoms with E-state index in [1.807, 2.05) is 6.08 Å². The molecule has 1 aromatic heterocycles. The van der Waals surface area contributed by atoms with E-state index in [9.17, 15) is 8.42 Å². The predicted molar refractivity (Wildman–Crippen MR) is 77.0 cm³/mol. The van der Waals surface area contributed by atoms with E-state index in [-0.39, 0.29) is 4.90 Å². The van der Waals surface area contributed by atoms with Crippen LogP contribution in [0, 0.1) is 0 Å². The lowest BCUT2D eigenvalue weighted by Crippen LogP contribution is -2.21. The number of rotatable bonds is 8. The minimum Gasteiger partial charge on any atom is -0.280 e. The molecule has 0 aliphatic rings. The molecule has 1 heterocycles. The Bertz CT molecular complexity index is 522. The van der Waals surface area contributed by atoms with Gasteiger partial charge in [-0.1, -0.05) is 32.4 Å². The van der Waals surface area contributed by atoms with Gasteiger partial charge in [0, 0.05) is 18.1 Å². The van der Waals surface area contributed by atoms with Crippen molar-refractivity contribution in [3.8, 4) is 0 Å². The molecule has 0 aromatic carbocycles. The Morgan fingerprint density at radius 1 is 1.47 bits per heavy atom. The Labute approximate surface area is 115 Å². The summed E-state index contributed by atoms with van der Waals surface area (Å²) < 4.78 is 26.3. The van der Waals surface area contributed by atoms with Crippen molar-refractivity contribution in [3.05, 3.63) is 49.0 Å². The minimum atomic E-state index is -3.57. The Hall–Kier alpha value is -1.62. The number of hydrogen-bond donors (Lipinski definition) is 1. The molecular weight excluding hydrogens is 260 g/mol. The number of aromatic nitrogens is 1. The van der Waals surface area contributed by atoms with E-state index >= 15 is 0 Å². The molecule has 0 unspecified atom stereocenters. The highest BCUT2D eigenvalue weighted by molar-refractivity contribution is 7.89. The second-order valence-corrected chi connectivity index (χ2v) is 5.90. The van der Waals surface area contributed by atoms with Gasteiger partial charge in [0.05, 0.1) is 0 Å². The van der Waals surface area contributed by atoms with Gasteiger partial charge in [0.1, 0.15) is 4.90 Å². The monoisotopic (exact) mass is 280 g/mol. The summed E-state index contributed by atoms with van der Waals surface area (Å²) in [5, 5.41) is 0. The van der Waals surface area contributed by atoms with Crippen molar-refractivity contribution in [1.82, 2.24) is 9.71 Å². The lowest BCUT2D eigenvalue weighted by atomic mass is 10.2. The van der Waals surface area contributed by atoms with E-state index in [2.05, 4.69) is 23.2 Å². The molecule has 5 heteroatoms. The molecule has 0 saturated carbocycles. The minimum absolute atomic E-state index is 0.135. The smallest absolute Gasteiger partial charge is 0.263 e. The summed E-state index contributed by atoms with van der Waals surface area (Å²) >= 11 is 0. The Balaban J connectivity index is 2.52. The van der Waals surface area contributed by atoms with Crippen LogP contribution in [0.15, 0.2) is 53.8 Å². The van der Waals surface area contributed by atoms with Gasteiger partial charge < -0.3 is 0 Å². The molecule has 0 saturated heterocycles. The molecule has 0 bridgehead atoms. The highest BCUT2D eigenvalue weighted by Gasteiger charge is 2.13. The van der Waals surface area contributed by atoms with Crippen LogP contribution in [-0.4, -0.2) is 13.4 Å². The second kappa shape index (κ2) is 7.74. The highest BCUT2D eigenvalue weighted by atomic mass is 32.2. The zero-order valence-corrected chi connectivity index (χ0v) is 12.0. The summed E-state index contributed by atoms with van der Waals surface area (Å²) in [6, 6.07) is 3.07. The zero-order chi connectivity index (χ0) is 14.1. The maximum atomic E-state index is 11.9. The quantitative estimate of drug-likeness (QED) is 0.588. The van der Waals surface area contributed by atoms with Crippen molar-refractivity contribution in [2.75, 3.05) is 0 Å². The maximum Gasteiger partial charge on any atom is 0.263 e. The molecule has 0 fully saturated rings. The average Bonchev–Trinajstić information content (AvgIpc) is 2.39. The molecule has 0 amide bonds. The van der Waals surface area contributed by atoms with E-state index in [4.69, 9.17) is 0 Å². The van der Waals surface area contributed by atoms with E-state index in [1.54, 1.807) is 12.1 Å². The van der Waals surface area contributed by atoms with Gasteiger partial charge in [-0.05, 0) is 31.1 Å². The van der Waals surface area contributed by atoms with Crippen molar-refractivity contribution in [2.24, 2.45) is 0 Å². The van der Waals surface area contributed by atoms with Crippen molar-refractivity contribution in [1.29, 1.82) is 0 Å². The second-order valence-electron chi connectivity index (χ2n) is 4.22. The fourth-order valence-corrected chi connectivity index (χ4v) is 2.50. The molecule has 1 rings (SSSR count). The highest BCUT2D eigenvalue weighted by Crippen LogP contribution is 2.08. The number of nitrogens with one attached hydrogen (secondary N) is 1. The topological polar surface area (TPSA) is 59.1 Å². The van der Waals surface area contributed by atoms with Gasteiger partial charge in [0.25, 0.3) is 10.0 Å². The van der Waals surface area contributed by atoms with Gasteiger partial charge in [0.15, 0.2) is 0 Å². The summed E-state index contributed by atoms with van der Waals surface area (Å²) in [5.41, 5.74) is 0.361. The average molecular weight is 280 g/mol. The Morgan fingerprint density at radius 3 is 2.89 bits per heavy atom. The molecule has 19 heavy (non-hydrogen) atoms. The molecule has 1 aromatic rings. The van der Waals surface area contributed by atoms with E-state index in [0.29, 0.717) is 5.70 Å². The van der Waals surface area contributed by atoms with Gasteiger partial charge in [-0.3, -0.25) is 9.71 Å².